The Morgan fingerprint density at radius 3 is 2.26 bits per heavy atom. The molecule has 2 rings (SSSR count). The van der Waals surface area contributed by atoms with E-state index in [4.69, 9.17) is 26.2 Å². The molecule has 146 valence electrons. The van der Waals surface area contributed by atoms with Gasteiger partial charge in [0.25, 0.3) is 0 Å². The Kier molecular flexibility index (Phi) is 5.91. The molecule has 2 aromatic carbocycles. The van der Waals surface area contributed by atoms with Gasteiger partial charge in [-0.25, -0.2) is 13.2 Å². The average molecular weight is 425 g/mol. The summed E-state index contributed by atoms with van der Waals surface area (Å²) in [5.74, 6) is -2.16. The molecule has 11 heteroatoms. The van der Waals surface area contributed by atoms with Crippen LogP contribution in [0.5, 0.6) is 17.2 Å². The Hall–Kier alpha value is -2.46. The van der Waals surface area contributed by atoms with E-state index in [1.165, 1.54) is 12.1 Å². The lowest BCUT2D eigenvalue weighted by molar-refractivity contribution is -0.140. The third-order valence-corrected chi connectivity index (χ3v) is 4.58. The van der Waals surface area contributed by atoms with Crippen LogP contribution in [0.1, 0.15) is 5.56 Å². The summed E-state index contributed by atoms with van der Waals surface area (Å²) in [5, 5.41) is 8.50. The Bertz CT molecular complexity index is 973. The van der Waals surface area contributed by atoms with Crippen LogP contribution in [0.3, 0.4) is 0 Å². The maximum Gasteiger partial charge on any atom is 0.416 e. The molecule has 0 aromatic heterocycles. The summed E-state index contributed by atoms with van der Waals surface area (Å²) in [6, 6.07) is 5.66. The molecule has 0 saturated heterocycles. The normalized spacial score (nSPS) is 11.9. The molecule has 0 spiro atoms. The minimum atomic E-state index is -4.67. The molecule has 0 bridgehead atoms. The van der Waals surface area contributed by atoms with Crippen molar-refractivity contribution in [2.75, 3.05) is 12.9 Å². The lowest BCUT2D eigenvalue weighted by Gasteiger charge is -2.15. The number of ether oxygens (including phenoxy) is 2. The Labute approximate surface area is 157 Å². The van der Waals surface area contributed by atoms with Gasteiger partial charge >= 0.3 is 12.1 Å². The Morgan fingerprint density at radius 1 is 1.11 bits per heavy atom. The first-order chi connectivity index (χ1) is 12.4. The van der Waals surface area contributed by atoms with Crippen molar-refractivity contribution in [3.8, 4) is 17.2 Å². The second-order valence-corrected chi connectivity index (χ2v) is 7.73. The molecule has 0 radical (unpaired) electrons. The fourth-order valence-corrected chi connectivity index (χ4v) is 2.87. The van der Waals surface area contributed by atoms with Crippen LogP contribution in [0.2, 0.25) is 5.02 Å². The number of hydrogen-bond donors (Lipinski definition) is 1. The molecule has 1 N–H and O–H groups in total. The van der Waals surface area contributed by atoms with Crippen LogP contribution in [-0.2, 0) is 20.8 Å². The summed E-state index contributed by atoms with van der Waals surface area (Å²) in [5.41, 5.74) is -1.05. The second-order valence-electron chi connectivity index (χ2n) is 5.31. The predicted octanol–water partition coefficient (Wildman–Crippen LogP) is 4.02. The number of hydrogen-bond acceptors (Lipinski definition) is 5. The van der Waals surface area contributed by atoms with E-state index in [1.54, 1.807) is 0 Å². The van der Waals surface area contributed by atoms with Gasteiger partial charge in [-0.15, -0.1) is 0 Å². The van der Waals surface area contributed by atoms with Crippen molar-refractivity contribution in [3.05, 3.63) is 47.0 Å². The molecule has 27 heavy (non-hydrogen) atoms. The third-order valence-electron chi connectivity index (χ3n) is 3.17. The highest BCUT2D eigenvalue weighted by Crippen LogP contribution is 2.40. The fourth-order valence-electron chi connectivity index (χ4n) is 1.94. The highest BCUT2D eigenvalue weighted by atomic mass is 35.5. The zero-order valence-corrected chi connectivity index (χ0v) is 15.2. The van der Waals surface area contributed by atoms with Crippen LogP contribution >= 0.6 is 11.6 Å². The summed E-state index contributed by atoms with van der Waals surface area (Å²) in [6.07, 6.45) is -3.71. The number of aliphatic carboxylic acids is 1. The summed E-state index contributed by atoms with van der Waals surface area (Å²) in [4.78, 5) is 10.5. The van der Waals surface area contributed by atoms with Gasteiger partial charge in [-0.2, -0.15) is 13.2 Å². The first-order valence-electron chi connectivity index (χ1n) is 7.11. The van der Waals surface area contributed by atoms with E-state index in [0.717, 1.165) is 18.4 Å². The first-order valence-corrected chi connectivity index (χ1v) is 9.38. The zero-order chi connectivity index (χ0) is 20.4. The van der Waals surface area contributed by atoms with Crippen LogP contribution in [-0.4, -0.2) is 32.4 Å². The van der Waals surface area contributed by atoms with Crippen molar-refractivity contribution < 1.29 is 41.0 Å². The molecule has 0 aliphatic heterocycles. The zero-order valence-electron chi connectivity index (χ0n) is 13.6. The third kappa shape index (κ3) is 5.51. The number of alkyl halides is 3. The van der Waals surface area contributed by atoms with Crippen molar-refractivity contribution in [1.29, 1.82) is 0 Å². The van der Waals surface area contributed by atoms with Gasteiger partial charge in [0.15, 0.2) is 27.9 Å². The minimum Gasteiger partial charge on any atom is -0.479 e. The first kappa shape index (κ1) is 20.8. The van der Waals surface area contributed by atoms with Gasteiger partial charge < -0.3 is 14.6 Å². The van der Waals surface area contributed by atoms with E-state index in [1.807, 2.05) is 0 Å². The van der Waals surface area contributed by atoms with Gasteiger partial charge in [-0.1, -0.05) is 11.6 Å². The minimum absolute atomic E-state index is 0.105. The van der Waals surface area contributed by atoms with E-state index in [0.29, 0.717) is 12.1 Å². The van der Waals surface area contributed by atoms with Gasteiger partial charge in [0.05, 0.1) is 15.5 Å². The molecular formula is C16H12ClF3O6S. The molecule has 6 nitrogen and oxygen atoms in total. The van der Waals surface area contributed by atoms with Gasteiger partial charge in [0.1, 0.15) is 5.75 Å². The van der Waals surface area contributed by atoms with E-state index in [2.05, 4.69) is 0 Å². The summed E-state index contributed by atoms with van der Waals surface area (Å²) in [6.45, 7) is -0.803. The lowest BCUT2D eigenvalue weighted by atomic mass is 10.2. The number of benzene rings is 2. The van der Waals surface area contributed by atoms with Crippen molar-refractivity contribution in [2.45, 2.75) is 11.1 Å². The number of sulfone groups is 1. The van der Waals surface area contributed by atoms with Crippen LogP contribution in [0.25, 0.3) is 0 Å². The van der Waals surface area contributed by atoms with E-state index < -0.39 is 39.9 Å². The number of carboxylic acids is 1. The summed E-state index contributed by atoms with van der Waals surface area (Å²) >= 11 is 5.95. The smallest absolute Gasteiger partial charge is 0.416 e. The fraction of sp³-hybridized carbons (Fsp3) is 0.188. The van der Waals surface area contributed by atoms with Crippen LogP contribution < -0.4 is 9.47 Å². The molecule has 0 fully saturated rings. The van der Waals surface area contributed by atoms with Gasteiger partial charge in [-0.05, 0) is 36.4 Å². The monoisotopic (exact) mass is 424 g/mol. The average Bonchev–Trinajstić information content (AvgIpc) is 2.53. The van der Waals surface area contributed by atoms with Crippen LogP contribution in [0.15, 0.2) is 41.3 Å². The highest BCUT2D eigenvalue weighted by Gasteiger charge is 2.32. The Balaban J connectivity index is 2.44. The maximum absolute atomic E-state index is 12.9. The SMILES string of the molecule is CS(=O)(=O)c1ccc(Oc2cc(C(F)(F)F)ccc2OCC(=O)O)c(Cl)c1. The van der Waals surface area contributed by atoms with Gasteiger partial charge in [0.2, 0.25) is 0 Å². The number of rotatable bonds is 6. The van der Waals surface area contributed by atoms with E-state index in [9.17, 15) is 26.4 Å². The molecule has 0 atom stereocenters. The molecule has 2 aromatic rings. The molecule has 0 heterocycles. The Morgan fingerprint density at radius 2 is 1.74 bits per heavy atom. The van der Waals surface area contributed by atoms with Gasteiger partial charge in [0, 0.05) is 6.26 Å². The largest absolute Gasteiger partial charge is 0.479 e. The van der Waals surface area contributed by atoms with Crippen LogP contribution in [0.4, 0.5) is 13.2 Å². The number of carbonyl (C=O) groups is 1. The number of carboxylic acid groups (broad SMARTS) is 1. The molecule has 0 unspecified atom stereocenters. The van der Waals surface area contributed by atoms with E-state index in [-0.39, 0.29) is 21.4 Å². The highest BCUT2D eigenvalue weighted by molar-refractivity contribution is 7.90. The van der Waals surface area contributed by atoms with Crippen LogP contribution in [0, 0.1) is 0 Å². The lowest BCUT2D eigenvalue weighted by Crippen LogP contribution is -2.11. The number of halogens is 4. The van der Waals surface area contributed by atoms with Gasteiger partial charge in [-0.3, -0.25) is 0 Å². The summed E-state index contributed by atoms with van der Waals surface area (Å²) in [7, 11) is -3.55. The maximum atomic E-state index is 12.9. The van der Waals surface area contributed by atoms with Crippen molar-refractivity contribution >= 4 is 27.4 Å². The predicted molar refractivity (Wildman–Crippen MR) is 89.2 cm³/mol. The van der Waals surface area contributed by atoms with Crippen molar-refractivity contribution in [3.63, 3.8) is 0 Å². The van der Waals surface area contributed by atoms with Crippen molar-refractivity contribution in [1.82, 2.24) is 0 Å². The van der Waals surface area contributed by atoms with Crippen molar-refractivity contribution in [2.24, 2.45) is 0 Å². The molecular weight excluding hydrogens is 413 g/mol. The second kappa shape index (κ2) is 7.65. The standard InChI is InChI=1S/C16H12ClF3O6S/c1-27(23,24)10-3-5-12(11(17)7-10)26-14-6-9(16(18,19)20)2-4-13(14)25-8-15(21)22/h2-7H,8H2,1H3,(H,21,22). The quantitative estimate of drug-likeness (QED) is 0.753. The molecule has 0 amide bonds. The molecule has 0 saturated carbocycles. The molecule has 0 aliphatic carbocycles. The summed E-state index contributed by atoms with van der Waals surface area (Å²) < 4.78 is 72.1. The molecule has 0 aliphatic rings. The topological polar surface area (TPSA) is 89.9 Å². The van der Waals surface area contributed by atoms with E-state index >= 15 is 0 Å².